The van der Waals surface area contributed by atoms with E-state index in [-0.39, 0.29) is 23.3 Å². The van der Waals surface area contributed by atoms with E-state index in [1.54, 1.807) is 6.07 Å². The molecule has 0 saturated heterocycles. The number of nitrogens with one attached hydrogen (secondary N) is 1. The molecule has 124 valence electrons. The van der Waals surface area contributed by atoms with E-state index in [4.69, 9.17) is 5.11 Å². The van der Waals surface area contributed by atoms with Crippen LogP contribution in [0.1, 0.15) is 40.4 Å². The molecule has 6 heteroatoms. The second-order valence-electron chi connectivity index (χ2n) is 5.66. The lowest BCUT2D eigenvalue weighted by molar-refractivity contribution is -0.119. The van der Waals surface area contributed by atoms with E-state index in [0.717, 1.165) is 31.0 Å². The normalized spacial score (nSPS) is 16.2. The molecule has 0 radical (unpaired) electrons. The lowest BCUT2D eigenvalue weighted by Crippen LogP contribution is -2.32. The van der Waals surface area contributed by atoms with Crippen molar-refractivity contribution in [2.45, 2.75) is 30.3 Å². The third kappa shape index (κ3) is 3.76. The molecule has 2 N–H and O–H groups in total. The summed E-state index contributed by atoms with van der Waals surface area (Å²) in [7, 11) is 0. The largest absolute Gasteiger partial charge is 0.478 e. The summed E-state index contributed by atoms with van der Waals surface area (Å²) in [6.07, 6.45) is 4.56. The molecule has 0 fully saturated rings. The van der Waals surface area contributed by atoms with Crippen LogP contribution in [0.25, 0.3) is 0 Å². The molecule has 0 saturated carbocycles. The Hall–Kier alpha value is -2.34. The molecular weight excluding hydrogens is 324 g/mol. The van der Waals surface area contributed by atoms with Gasteiger partial charge < -0.3 is 10.4 Å². The van der Waals surface area contributed by atoms with Crippen molar-refractivity contribution in [1.82, 2.24) is 10.3 Å². The van der Waals surface area contributed by atoms with Gasteiger partial charge >= 0.3 is 5.97 Å². The zero-order chi connectivity index (χ0) is 16.9. The van der Waals surface area contributed by atoms with Crippen molar-refractivity contribution in [3.63, 3.8) is 0 Å². The van der Waals surface area contributed by atoms with Crippen LogP contribution in [0.2, 0.25) is 0 Å². The SMILES string of the molecule is O=C(CSc1ncccc1C(=O)O)NC1CCCc2ccccc21. The second-order valence-corrected chi connectivity index (χ2v) is 6.63. The summed E-state index contributed by atoms with van der Waals surface area (Å²) in [6, 6.07) is 11.3. The summed E-state index contributed by atoms with van der Waals surface area (Å²) in [5, 5.41) is 12.6. The molecule has 1 aromatic carbocycles. The number of pyridine rings is 1. The third-order valence-corrected chi connectivity index (χ3v) is 5.05. The Bertz CT molecular complexity index is 763. The summed E-state index contributed by atoms with van der Waals surface area (Å²) >= 11 is 1.15. The monoisotopic (exact) mass is 342 g/mol. The molecule has 3 rings (SSSR count). The first-order chi connectivity index (χ1) is 11.6. The van der Waals surface area contributed by atoms with Crippen LogP contribution in [-0.2, 0) is 11.2 Å². The standard InChI is InChI=1S/C18H18N2O3S/c21-16(11-24-17-14(18(22)23)8-4-10-19-17)20-15-9-3-6-12-5-1-2-7-13(12)15/h1-2,4-5,7-8,10,15H,3,6,9,11H2,(H,20,21)(H,22,23). The number of carboxylic acids is 1. The highest BCUT2D eigenvalue weighted by Crippen LogP contribution is 2.29. The number of aromatic carboxylic acids is 1. The lowest BCUT2D eigenvalue weighted by atomic mass is 9.88. The van der Waals surface area contributed by atoms with Gasteiger partial charge in [0.25, 0.3) is 0 Å². The molecule has 0 aliphatic heterocycles. The second kappa shape index (κ2) is 7.49. The first-order valence-corrected chi connectivity index (χ1v) is 8.82. The number of nitrogens with zero attached hydrogens (tertiary/aromatic N) is 1. The molecule has 1 aliphatic rings. The minimum absolute atomic E-state index is 0.0331. The Morgan fingerprint density at radius 2 is 2.08 bits per heavy atom. The van der Waals surface area contributed by atoms with E-state index in [9.17, 15) is 9.59 Å². The number of carboxylic acid groups (broad SMARTS) is 1. The van der Waals surface area contributed by atoms with E-state index in [1.807, 2.05) is 12.1 Å². The highest BCUT2D eigenvalue weighted by Gasteiger charge is 2.21. The zero-order valence-electron chi connectivity index (χ0n) is 13.1. The zero-order valence-corrected chi connectivity index (χ0v) is 13.9. The highest BCUT2D eigenvalue weighted by molar-refractivity contribution is 8.00. The summed E-state index contributed by atoms with van der Waals surface area (Å²) in [5.41, 5.74) is 2.60. The van der Waals surface area contributed by atoms with Crippen LogP contribution in [-0.4, -0.2) is 27.7 Å². The van der Waals surface area contributed by atoms with E-state index < -0.39 is 5.97 Å². The Morgan fingerprint density at radius 3 is 2.92 bits per heavy atom. The van der Waals surface area contributed by atoms with Gasteiger partial charge in [-0.05, 0) is 42.5 Å². The van der Waals surface area contributed by atoms with Crippen molar-refractivity contribution < 1.29 is 14.7 Å². The number of amides is 1. The summed E-state index contributed by atoms with van der Waals surface area (Å²) < 4.78 is 0. The number of benzene rings is 1. The fourth-order valence-electron chi connectivity index (χ4n) is 2.94. The molecule has 2 aromatic rings. The molecule has 5 nitrogen and oxygen atoms in total. The van der Waals surface area contributed by atoms with Crippen LogP contribution in [0, 0.1) is 0 Å². The average Bonchev–Trinajstić information content (AvgIpc) is 2.60. The molecule has 0 spiro atoms. The Kier molecular flexibility index (Phi) is 5.15. The van der Waals surface area contributed by atoms with Gasteiger partial charge in [0.15, 0.2) is 0 Å². The number of carbonyl (C=O) groups is 2. The van der Waals surface area contributed by atoms with Crippen LogP contribution in [0.4, 0.5) is 0 Å². The van der Waals surface area contributed by atoms with Gasteiger partial charge in [-0.2, -0.15) is 0 Å². The van der Waals surface area contributed by atoms with Crippen molar-refractivity contribution in [2.24, 2.45) is 0 Å². The topological polar surface area (TPSA) is 79.3 Å². The van der Waals surface area contributed by atoms with Crippen molar-refractivity contribution in [1.29, 1.82) is 0 Å². The van der Waals surface area contributed by atoms with E-state index in [2.05, 4.69) is 22.4 Å². The van der Waals surface area contributed by atoms with Crippen LogP contribution in [0.15, 0.2) is 47.6 Å². The number of fused-ring (bicyclic) bond motifs is 1. The quantitative estimate of drug-likeness (QED) is 0.817. The maximum absolute atomic E-state index is 12.3. The predicted molar refractivity (Wildman–Crippen MR) is 92.2 cm³/mol. The third-order valence-electron chi connectivity index (χ3n) is 4.05. The van der Waals surface area contributed by atoms with Crippen LogP contribution in [0.5, 0.6) is 0 Å². The molecular formula is C18H18N2O3S. The smallest absolute Gasteiger partial charge is 0.338 e. The number of thioether (sulfide) groups is 1. The van der Waals surface area contributed by atoms with E-state index in [1.165, 1.54) is 23.4 Å². The van der Waals surface area contributed by atoms with Crippen LogP contribution < -0.4 is 5.32 Å². The first kappa shape index (κ1) is 16.5. The van der Waals surface area contributed by atoms with Gasteiger partial charge in [0.2, 0.25) is 5.91 Å². The minimum Gasteiger partial charge on any atom is -0.478 e. The number of hydrogen-bond donors (Lipinski definition) is 2. The van der Waals surface area contributed by atoms with Crippen molar-refractivity contribution in [2.75, 3.05) is 5.75 Å². The Balaban J connectivity index is 1.62. The highest BCUT2D eigenvalue weighted by atomic mass is 32.2. The number of carbonyl (C=O) groups excluding carboxylic acids is 1. The number of rotatable bonds is 5. The molecule has 1 amide bonds. The molecule has 1 aromatic heterocycles. The molecule has 24 heavy (non-hydrogen) atoms. The van der Waals surface area contributed by atoms with Gasteiger partial charge in [-0.1, -0.05) is 36.0 Å². The van der Waals surface area contributed by atoms with Crippen molar-refractivity contribution in [3.05, 3.63) is 59.3 Å². The Labute approximate surface area is 144 Å². The van der Waals surface area contributed by atoms with E-state index >= 15 is 0 Å². The summed E-state index contributed by atoms with van der Waals surface area (Å²) in [5.74, 6) is -0.994. The number of hydrogen-bond acceptors (Lipinski definition) is 4. The van der Waals surface area contributed by atoms with Gasteiger partial charge in [-0.15, -0.1) is 0 Å². The molecule has 1 aliphatic carbocycles. The summed E-state index contributed by atoms with van der Waals surface area (Å²) in [4.78, 5) is 27.5. The van der Waals surface area contributed by atoms with Gasteiger partial charge in [0.1, 0.15) is 5.03 Å². The fourth-order valence-corrected chi connectivity index (χ4v) is 3.74. The van der Waals surface area contributed by atoms with E-state index in [0.29, 0.717) is 5.03 Å². The lowest BCUT2D eigenvalue weighted by Gasteiger charge is -2.26. The maximum Gasteiger partial charge on any atom is 0.338 e. The van der Waals surface area contributed by atoms with Crippen LogP contribution in [0.3, 0.4) is 0 Å². The van der Waals surface area contributed by atoms with Gasteiger partial charge in [0.05, 0.1) is 17.4 Å². The summed E-state index contributed by atoms with van der Waals surface area (Å²) in [6.45, 7) is 0. The van der Waals surface area contributed by atoms with Crippen molar-refractivity contribution in [3.8, 4) is 0 Å². The van der Waals surface area contributed by atoms with Gasteiger partial charge in [-0.25, -0.2) is 9.78 Å². The van der Waals surface area contributed by atoms with Crippen LogP contribution >= 0.6 is 11.8 Å². The number of aryl methyl sites for hydroxylation is 1. The van der Waals surface area contributed by atoms with Gasteiger partial charge in [-0.3, -0.25) is 4.79 Å². The predicted octanol–water partition coefficient (Wildman–Crippen LogP) is 3.07. The number of aromatic nitrogens is 1. The fraction of sp³-hybridized carbons (Fsp3) is 0.278. The maximum atomic E-state index is 12.3. The first-order valence-electron chi connectivity index (χ1n) is 7.83. The minimum atomic E-state index is -1.03. The Morgan fingerprint density at radius 1 is 1.25 bits per heavy atom. The van der Waals surface area contributed by atoms with Gasteiger partial charge in [0, 0.05) is 6.20 Å². The molecule has 1 atom stereocenters. The average molecular weight is 342 g/mol. The molecule has 1 unspecified atom stereocenters. The molecule has 0 bridgehead atoms. The molecule has 1 heterocycles. The van der Waals surface area contributed by atoms with Crippen molar-refractivity contribution >= 4 is 23.6 Å².